The first-order valence-corrected chi connectivity index (χ1v) is 8.74. The van der Waals surface area contributed by atoms with E-state index in [-0.39, 0.29) is 18.5 Å². The SMILES string of the molecule is CCOC(=O)CN(C(=O)c1ccc(OCc2ccccc2)cc1)C(C)C. The lowest BCUT2D eigenvalue weighted by molar-refractivity contribution is -0.144. The number of benzene rings is 2. The molecule has 0 aliphatic heterocycles. The highest BCUT2D eigenvalue weighted by molar-refractivity contribution is 5.96. The third-order valence-corrected chi connectivity index (χ3v) is 3.84. The van der Waals surface area contributed by atoms with E-state index >= 15 is 0 Å². The Labute approximate surface area is 154 Å². The van der Waals surface area contributed by atoms with Crippen LogP contribution in [0.4, 0.5) is 0 Å². The van der Waals surface area contributed by atoms with Crippen LogP contribution < -0.4 is 4.74 Å². The van der Waals surface area contributed by atoms with Crippen LogP contribution in [-0.2, 0) is 16.1 Å². The molecule has 0 radical (unpaired) electrons. The summed E-state index contributed by atoms with van der Waals surface area (Å²) in [6.07, 6.45) is 0. The maximum absolute atomic E-state index is 12.7. The highest BCUT2D eigenvalue weighted by atomic mass is 16.5. The second-order valence-corrected chi connectivity index (χ2v) is 6.13. The van der Waals surface area contributed by atoms with Gasteiger partial charge < -0.3 is 14.4 Å². The van der Waals surface area contributed by atoms with Crippen molar-refractivity contribution in [1.82, 2.24) is 4.90 Å². The number of nitrogens with zero attached hydrogens (tertiary/aromatic N) is 1. The molecule has 0 N–H and O–H groups in total. The lowest BCUT2D eigenvalue weighted by atomic mass is 10.1. The number of esters is 1. The van der Waals surface area contributed by atoms with E-state index in [0.717, 1.165) is 5.56 Å². The molecule has 0 heterocycles. The van der Waals surface area contributed by atoms with Crippen LogP contribution >= 0.6 is 0 Å². The van der Waals surface area contributed by atoms with Gasteiger partial charge in [0.25, 0.3) is 5.91 Å². The lowest BCUT2D eigenvalue weighted by Gasteiger charge is -2.25. The normalized spacial score (nSPS) is 10.5. The molecule has 2 aromatic carbocycles. The van der Waals surface area contributed by atoms with Crippen molar-refractivity contribution in [3.05, 3.63) is 65.7 Å². The fourth-order valence-corrected chi connectivity index (χ4v) is 2.44. The van der Waals surface area contributed by atoms with Crippen LogP contribution in [0.2, 0.25) is 0 Å². The van der Waals surface area contributed by atoms with Gasteiger partial charge in [0.2, 0.25) is 0 Å². The van der Waals surface area contributed by atoms with Crippen LogP contribution in [0.15, 0.2) is 54.6 Å². The smallest absolute Gasteiger partial charge is 0.325 e. The summed E-state index contributed by atoms with van der Waals surface area (Å²) in [5.74, 6) is 0.0759. The van der Waals surface area contributed by atoms with E-state index in [2.05, 4.69) is 0 Å². The number of amides is 1. The first kappa shape index (κ1) is 19.5. The van der Waals surface area contributed by atoms with Gasteiger partial charge >= 0.3 is 5.97 Å². The van der Waals surface area contributed by atoms with Gasteiger partial charge in [-0.3, -0.25) is 9.59 Å². The second-order valence-electron chi connectivity index (χ2n) is 6.13. The molecule has 0 aliphatic carbocycles. The Kier molecular flexibility index (Phi) is 7.21. The highest BCUT2D eigenvalue weighted by Crippen LogP contribution is 2.16. The Bertz CT molecular complexity index is 711. The van der Waals surface area contributed by atoms with Gasteiger partial charge in [0.05, 0.1) is 6.61 Å². The molecule has 2 rings (SSSR count). The average molecular weight is 355 g/mol. The number of carbonyl (C=O) groups excluding carboxylic acids is 2. The summed E-state index contributed by atoms with van der Waals surface area (Å²) < 4.78 is 10.7. The molecule has 0 atom stereocenters. The minimum absolute atomic E-state index is 0.0589. The maximum Gasteiger partial charge on any atom is 0.325 e. The molecule has 0 saturated carbocycles. The van der Waals surface area contributed by atoms with Crippen LogP contribution in [0.5, 0.6) is 5.75 Å². The molecular formula is C21H25NO4. The molecule has 138 valence electrons. The summed E-state index contributed by atoms with van der Waals surface area (Å²) >= 11 is 0. The molecule has 0 fully saturated rings. The minimum atomic E-state index is -0.405. The van der Waals surface area contributed by atoms with E-state index in [4.69, 9.17) is 9.47 Å². The van der Waals surface area contributed by atoms with Crippen molar-refractivity contribution in [1.29, 1.82) is 0 Å². The minimum Gasteiger partial charge on any atom is -0.489 e. The largest absolute Gasteiger partial charge is 0.489 e. The van der Waals surface area contributed by atoms with Crippen molar-refractivity contribution in [3.63, 3.8) is 0 Å². The average Bonchev–Trinajstić information content (AvgIpc) is 2.65. The number of hydrogen-bond donors (Lipinski definition) is 0. The molecular weight excluding hydrogens is 330 g/mol. The lowest BCUT2D eigenvalue weighted by Crippen LogP contribution is -2.41. The summed E-state index contributed by atoms with van der Waals surface area (Å²) in [5, 5.41) is 0. The highest BCUT2D eigenvalue weighted by Gasteiger charge is 2.22. The predicted molar refractivity (Wildman–Crippen MR) is 100 cm³/mol. The second kappa shape index (κ2) is 9.61. The van der Waals surface area contributed by atoms with Crippen molar-refractivity contribution in [2.45, 2.75) is 33.4 Å². The van der Waals surface area contributed by atoms with Gasteiger partial charge in [0, 0.05) is 11.6 Å². The number of rotatable bonds is 8. The van der Waals surface area contributed by atoms with Crippen LogP contribution in [-0.4, -0.2) is 36.0 Å². The van der Waals surface area contributed by atoms with E-state index in [1.54, 1.807) is 31.2 Å². The van der Waals surface area contributed by atoms with Crippen molar-refractivity contribution in [2.24, 2.45) is 0 Å². The monoisotopic (exact) mass is 355 g/mol. The molecule has 0 spiro atoms. The molecule has 2 aromatic rings. The van der Waals surface area contributed by atoms with Gasteiger partial charge in [-0.15, -0.1) is 0 Å². The van der Waals surface area contributed by atoms with E-state index in [1.165, 1.54) is 4.90 Å². The van der Waals surface area contributed by atoms with Crippen molar-refractivity contribution in [3.8, 4) is 5.75 Å². The van der Waals surface area contributed by atoms with E-state index in [0.29, 0.717) is 24.5 Å². The van der Waals surface area contributed by atoms with Crippen molar-refractivity contribution in [2.75, 3.05) is 13.2 Å². The van der Waals surface area contributed by atoms with Gasteiger partial charge in [-0.1, -0.05) is 30.3 Å². The molecule has 5 nitrogen and oxygen atoms in total. The molecule has 0 bridgehead atoms. The van der Waals surface area contributed by atoms with Gasteiger partial charge in [-0.2, -0.15) is 0 Å². The van der Waals surface area contributed by atoms with E-state index < -0.39 is 5.97 Å². The summed E-state index contributed by atoms with van der Waals surface area (Å²) in [5.41, 5.74) is 1.59. The van der Waals surface area contributed by atoms with Gasteiger partial charge in [0.1, 0.15) is 18.9 Å². The van der Waals surface area contributed by atoms with Crippen LogP contribution in [0, 0.1) is 0 Å². The molecule has 0 saturated heterocycles. The van der Waals surface area contributed by atoms with E-state index in [9.17, 15) is 9.59 Å². The number of carbonyl (C=O) groups is 2. The first-order valence-electron chi connectivity index (χ1n) is 8.74. The fourth-order valence-electron chi connectivity index (χ4n) is 2.44. The Morgan fingerprint density at radius 1 is 1.00 bits per heavy atom. The topological polar surface area (TPSA) is 55.8 Å². The van der Waals surface area contributed by atoms with Crippen molar-refractivity contribution < 1.29 is 19.1 Å². The summed E-state index contributed by atoms with van der Waals surface area (Å²) in [4.78, 5) is 25.9. The zero-order valence-corrected chi connectivity index (χ0v) is 15.5. The van der Waals surface area contributed by atoms with Crippen molar-refractivity contribution >= 4 is 11.9 Å². The fraction of sp³-hybridized carbons (Fsp3) is 0.333. The van der Waals surface area contributed by atoms with E-state index in [1.807, 2.05) is 44.2 Å². The third kappa shape index (κ3) is 5.62. The summed E-state index contributed by atoms with van der Waals surface area (Å²) in [6, 6.07) is 16.7. The summed E-state index contributed by atoms with van der Waals surface area (Å²) in [7, 11) is 0. The standard InChI is InChI=1S/C21H25NO4/c1-4-25-20(23)14-22(16(2)3)21(24)18-10-12-19(13-11-18)26-15-17-8-6-5-7-9-17/h5-13,16H,4,14-15H2,1-3H3. The predicted octanol–water partition coefficient (Wildman–Crippen LogP) is 3.68. The molecule has 26 heavy (non-hydrogen) atoms. The first-order chi connectivity index (χ1) is 12.5. The molecule has 1 amide bonds. The van der Waals surface area contributed by atoms with Gasteiger partial charge in [-0.25, -0.2) is 0 Å². The number of ether oxygens (including phenoxy) is 2. The maximum atomic E-state index is 12.7. The Morgan fingerprint density at radius 2 is 1.65 bits per heavy atom. The molecule has 5 heteroatoms. The zero-order chi connectivity index (χ0) is 18.9. The molecule has 0 unspecified atom stereocenters. The Morgan fingerprint density at radius 3 is 2.23 bits per heavy atom. The molecule has 0 aromatic heterocycles. The van der Waals surface area contributed by atoms with Crippen LogP contribution in [0.25, 0.3) is 0 Å². The zero-order valence-electron chi connectivity index (χ0n) is 15.5. The van der Waals surface area contributed by atoms with Crippen LogP contribution in [0.3, 0.4) is 0 Å². The third-order valence-electron chi connectivity index (χ3n) is 3.84. The van der Waals surface area contributed by atoms with Crippen LogP contribution in [0.1, 0.15) is 36.7 Å². The number of hydrogen-bond acceptors (Lipinski definition) is 4. The Balaban J connectivity index is 2.00. The molecule has 0 aliphatic rings. The van der Waals surface area contributed by atoms with Gasteiger partial charge in [0.15, 0.2) is 0 Å². The quantitative estimate of drug-likeness (QED) is 0.678. The van der Waals surface area contributed by atoms with Gasteiger partial charge in [-0.05, 0) is 50.6 Å². The Hall–Kier alpha value is -2.82. The summed E-state index contributed by atoms with van der Waals surface area (Å²) in [6.45, 7) is 6.19.